The Morgan fingerprint density at radius 3 is 2.55 bits per heavy atom. The Bertz CT molecular complexity index is 803. The number of hydrogen-bond donors (Lipinski definition) is 1. The topological polar surface area (TPSA) is 20.2 Å². The van der Waals surface area contributed by atoms with Crippen molar-refractivity contribution in [2.75, 3.05) is 5.75 Å². The van der Waals surface area contributed by atoms with Crippen LogP contribution in [0.5, 0.6) is 5.75 Å². The first-order valence-electron chi connectivity index (χ1n) is 7.55. The van der Waals surface area contributed by atoms with E-state index in [0.717, 1.165) is 23.3 Å². The number of phenols is 1. The fourth-order valence-corrected chi connectivity index (χ4v) is 3.80. The molecule has 0 saturated carbocycles. The molecule has 0 unspecified atom stereocenters. The number of phenolic OH excluding ortho intramolecular Hbond substituents is 1. The van der Waals surface area contributed by atoms with Gasteiger partial charge in [0.25, 0.3) is 0 Å². The van der Waals surface area contributed by atoms with Crippen LogP contribution in [0.4, 0.5) is 0 Å². The molecule has 3 aromatic carbocycles. The fraction of sp³-hybridized carbons (Fsp3) is 0.200. The van der Waals surface area contributed by atoms with E-state index in [1.807, 2.05) is 24.8 Å². The predicted molar refractivity (Wildman–Crippen MR) is 96.0 cm³/mol. The maximum atomic E-state index is 9.74. The molecule has 0 aliphatic rings. The Hall–Kier alpha value is -1.93. The maximum absolute atomic E-state index is 9.74. The van der Waals surface area contributed by atoms with Gasteiger partial charge in [0.1, 0.15) is 5.75 Å². The van der Waals surface area contributed by atoms with Crippen molar-refractivity contribution in [3.63, 3.8) is 0 Å². The van der Waals surface area contributed by atoms with E-state index in [9.17, 15) is 5.11 Å². The number of fused-ring (bicyclic) bond motifs is 1. The highest BCUT2D eigenvalue weighted by Gasteiger charge is 2.05. The Labute approximate surface area is 136 Å². The molecule has 0 spiro atoms. The second-order valence-corrected chi connectivity index (χ2v) is 6.78. The molecule has 2 heteroatoms. The molecule has 112 valence electrons. The highest BCUT2D eigenvalue weighted by atomic mass is 32.2. The van der Waals surface area contributed by atoms with Crippen molar-refractivity contribution in [2.45, 2.75) is 25.2 Å². The van der Waals surface area contributed by atoms with Crippen LogP contribution in [0.1, 0.15) is 16.7 Å². The summed E-state index contributed by atoms with van der Waals surface area (Å²) in [5, 5.41) is 12.4. The van der Waals surface area contributed by atoms with Crippen molar-refractivity contribution in [1.29, 1.82) is 0 Å². The monoisotopic (exact) mass is 308 g/mol. The van der Waals surface area contributed by atoms with Crippen LogP contribution in [-0.4, -0.2) is 10.9 Å². The van der Waals surface area contributed by atoms with Gasteiger partial charge in [-0.3, -0.25) is 0 Å². The van der Waals surface area contributed by atoms with Crippen LogP contribution in [0.25, 0.3) is 10.8 Å². The summed E-state index contributed by atoms with van der Waals surface area (Å²) in [6, 6.07) is 19.0. The van der Waals surface area contributed by atoms with Crippen molar-refractivity contribution < 1.29 is 5.11 Å². The molecular weight excluding hydrogens is 288 g/mol. The van der Waals surface area contributed by atoms with Gasteiger partial charge in [-0.15, -0.1) is 11.8 Å². The Balaban J connectivity index is 1.74. The Kier molecular flexibility index (Phi) is 4.39. The van der Waals surface area contributed by atoms with Crippen LogP contribution < -0.4 is 0 Å². The minimum Gasteiger partial charge on any atom is -0.508 e. The average molecular weight is 308 g/mol. The number of hydrogen-bond acceptors (Lipinski definition) is 2. The molecule has 1 N–H and O–H groups in total. The van der Waals surface area contributed by atoms with Gasteiger partial charge in [0.2, 0.25) is 0 Å². The normalized spacial score (nSPS) is 11.0. The van der Waals surface area contributed by atoms with Crippen molar-refractivity contribution in [1.82, 2.24) is 0 Å². The van der Waals surface area contributed by atoms with Gasteiger partial charge in [-0.1, -0.05) is 42.5 Å². The van der Waals surface area contributed by atoms with Gasteiger partial charge < -0.3 is 5.11 Å². The number of thioether (sulfide) groups is 1. The maximum Gasteiger partial charge on any atom is 0.118 e. The first kappa shape index (κ1) is 15.0. The summed E-state index contributed by atoms with van der Waals surface area (Å²) in [5.41, 5.74) is 3.49. The molecular formula is C20H20OS. The summed E-state index contributed by atoms with van der Waals surface area (Å²) in [7, 11) is 0. The van der Waals surface area contributed by atoms with Gasteiger partial charge in [0.05, 0.1) is 0 Å². The molecule has 0 saturated heterocycles. The van der Waals surface area contributed by atoms with Gasteiger partial charge in [-0.05, 0) is 59.9 Å². The minimum absolute atomic E-state index is 0.385. The van der Waals surface area contributed by atoms with Gasteiger partial charge in [0, 0.05) is 10.6 Å². The smallest absolute Gasteiger partial charge is 0.118 e. The summed E-state index contributed by atoms with van der Waals surface area (Å²) >= 11 is 1.86. The van der Waals surface area contributed by atoms with E-state index >= 15 is 0 Å². The quantitative estimate of drug-likeness (QED) is 0.642. The summed E-state index contributed by atoms with van der Waals surface area (Å²) in [6.07, 6.45) is 1.05. The number of aryl methyl sites for hydroxylation is 3. The van der Waals surface area contributed by atoms with Gasteiger partial charge in [0.15, 0.2) is 0 Å². The highest BCUT2D eigenvalue weighted by molar-refractivity contribution is 7.99. The van der Waals surface area contributed by atoms with E-state index in [-0.39, 0.29) is 0 Å². The molecule has 0 bridgehead atoms. The number of aromatic hydroxyl groups is 1. The zero-order chi connectivity index (χ0) is 15.5. The molecule has 0 fully saturated rings. The molecule has 0 aliphatic heterocycles. The summed E-state index contributed by atoms with van der Waals surface area (Å²) in [6.45, 7) is 4.00. The van der Waals surface area contributed by atoms with Gasteiger partial charge in [-0.2, -0.15) is 0 Å². The van der Waals surface area contributed by atoms with Crippen LogP contribution >= 0.6 is 11.8 Å². The van der Waals surface area contributed by atoms with Gasteiger partial charge >= 0.3 is 0 Å². The van der Waals surface area contributed by atoms with Crippen LogP contribution in [0.15, 0.2) is 59.5 Å². The largest absolute Gasteiger partial charge is 0.508 e. The van der Waals surface area contributed by atoms with Crippen molar-refractivity contribution >= 4 is 22.5 Å². The third kappa shape index (κ3) is 3.12. The molecule has 0 radical (unpaired) electrons. The van der Waals surface area contributed by atoms with E-state index in [2.05, 4.69) is 55.5 Å². The second-order valence-electron chi connectivity index (χ2n) is 5.64. The molecule has 0 aromatic heterocycles. The Morgan fingerprint density at radius 1 is 0.909 bits per heavy atom. The first-order chi connectivity index (χ1) is 10.6. The molecule has 0 aliphatic carbocycles. The zero-order valence-corrected chi connectivity index (χ0v) is 13.8. The minimum atomic E-state index is 0.385. The predicted octanol–water partition coefficient (Wildman–Crippen LogP) is 5.50. The lowest BCUT2D eigenvalue weighted by Gasteiger charge is -2.10. The molecule has 22 heavy (non-hydrogen) atoms. The lowest BCUT2D eigenvalue weighted by molar-refractivity contribution is 0.470. The summed E-state index contributed by atoms with van der Waals surface area (Å²) < 4.78 is 0. The van der Waals surface area contributed by atoms with Crippen LogP contribution in [0.2, 0.25) is 0 Å². The lowest BCUT2D eigenvalue weighted by Crippen LogP contribution is -1.92. The van der Waals surface area contributed by atoms with E-state index in [0.29, 0.717) is 5.75 Å². The van der Waals surface area contributed by atoms with E-state index < -0.39 is 0 Å². The summed E-state index contributed by atoms with van der Waals surface area (Å²) in [5.74, 6) is 1.43. The zero-order valence-electron chi connectivity index (χ0n) is 13.0. The summed E-state index contributed by atoms with van der Waals surface area (Å²) in [4.78, 5) is 1.26. The Morgan fingerprint density at radius 2 is 1.68 bits per heavy atom. The number of benzene rings is 3. The fourth-order valence-electron chi connectivity index (χ4n) is 2.71. The van der Waals surface area contributed by atoms with E-state index in [1.165, 1.54) is 21.2 Å². The standard InChI is InChI=1S/C20H20OS/c1-14-13-20(15(2)12-19(14)21)22-11-10-17-8-5-7-16-6-3-4-9-18(16)17/h3-9,12-13,21H,10-11H2,1-2H3. The van der Waals surface area contributed by atoms with E-state index in [4.69, 9.17) is 0 Å². The molecule has 0 heterocycles. The first-order valence-corrected chi connectivity index (χ1v) is 8.53. The van der Waals surface area contributed by atoms with Crippen LogP contribution in [0.3, 0.4) is 0 Å². The lowest BCUT2D eigenvalue weighted by atomic mass is 10.0. The molecule has 3 aromatic rings. The van der Waals surface area contributed by atoms with E-state index in [1.54, 1.807) is 0 Å². The van der Waals surface area contributed by atoms with Crippen molar-refractivity contribution in [3.8, 4) is 5.75 Å². The molecule has 1 nitrogen and oxygen atoms in total. The van der Waals surface area contributed by atoms with Crippen molar-refractivity contribution in [3.05, 3.63) is 71.3 Å². The third-order valence-electron chi connectivity index (χ3n) is 4.00. The molecule has 0 amide bonds. The highest BCUT2D eigenvalue weighted by Crippen LogP contribution is 2.30. The van der Waals surface area contributed by atoms with Crippen molar-refractivity contribution in [2.24, 2.45) is 0 Å². The molecule has 3 rings (SSSR count). The van der Waals surface area contributed by atoms with Gasteiger partial charge in [-0.25, -0.2) is 0 Å². The van der Waals surface area contributed by atoms with Crippen LogP contribution in [0, 0.1) is 13.8 Å². The SMILES string of the molecule is Cc1cc(SCCc2cccc3ccccc23)c(C)cc1O. The van der Waals surface area contributed by atoms with Crippen LogP contribution in [-0.2, 0) is 6.42 Å². The number of rotatable bonds is 4. The second kappa shape index (κ2) is 6.45. The molecule has 0 atom stereocenters. The third-order valence-corrected chi connectivity index (χ3v) is 5.16. The average Bonchev–Trinajstić information content (AvgIpc) is 2.52.